The summed E-state index contributed by atoms with van der Waals surface area (Å²) in [6, 6.07) is 12.0. The zero-order valence-electron chi connectivity index (χ0n) is 12.0. The summed E-state index contributed by atoms with van der Waals surface area (Å²) in [6.07, 6.45) is 4.03. The van der Waals surface area contributed by atoms with E-state index in [9.17, 15) is 4.79 Å². The predicted octanol–water partition coefficient (Wildman–Crippen LogP) is 2.86. The highest BCUT2D eigenvalue weighted by atomic mass is 16.1. The standard InChI is InChI=1S/C17H19N3O/c1-12(13-5-4-8-18-10-13)20-17(21)9-14-11-19-16-7-3-2-6-15(14)16/h2-8,10,12,14,19H,9,11H2,1H3,(H,20,21)/t12-,14?/m0/s1. The van der Waals surface area contributed by atoms with E-state index in [2.05, 4.69) is 27.8 Å². The van der Waals surface area contributed by atoms with E-state index >= 15 is 0 Å². The van der Waals surface area contributed by atoms with Crippen molar-refractivity contribution in [3.05, 3.63) is 59.9 Å². The fraction of sp³-hybridized carbons (Fsp3) is 0.294. The van der Waals surface area contributed by atoms with Crippen molar-refractivity contribution in [1.29, 1.82) is 0 Å². The van der Waals surface area contributed by atoms with E-state index in [1.54, 1.807) is 12.4 Å². The van der Waals surface area contributed by atoms with Crippen LogP contribution in [0, 0.1) is 0 Å². The molecule has 2 atom stereocenters. The number of para-hydroxylation sites is 1. The highest BCUT2D eigenvalue weighted by Gasteiger charge is 2.24. The molecule has 108 valence electrons. The van der Waals surface area contributed by atoms with E-state index < -0.39 is 0 Å². The molecule has 0 saturated heterocycles. The minimum absolute atomic E-state index is 0.0178. The molecule has 0 bridgehead atoms. The third-order valence-electron chi connectivity index (χ3n) is 3.93. The van der Waals surface area contributed by atoms with Gasteiger partial charge >= 0.3 is 0 Å². The molecule has 1 aliphatic rings. The maximum Gasteiger partial charge on any atom is 0.221 e. The Balaban J connectivity index is 1.61. The largest absolute Gasteiger partial charge is 0.384 e. The zero-order valence-corrected chi connectivity index (χ0v) is 12.0. The average molecular weight is 281 g/mol. The monoisotopic (exact) mass is 281 g/mol. The summed E-state index contributed by atoms with van der Waals surface area (Å²) in [4.78, 5) is 16.3. The third-order valence-corrected chi connectivity index (χ3v) is 3.93. The minimum Gasteiger partial charge on any atom is -0.384 e. The Labute approximate surface area is 124 Å². The van der Waals surface area contributed by atoms with Gasteiger partial charge in [-0.05, 0) is 30.2 Å². The minimum atomic E-state index is -0.0178. The number of benzene rings is 1. The van der Waals surface area contributed by atoms with Gasteiger partial charge in [-0.15, -0.1) is 0 Å². The van der Waals surface area contributed by atoms with Crippen LogP contribution in [0.2, 0.25) is 0 Å². The van der Waals surface area contributed by atoms with Gasteiger partial charge in [-0.25, -0.2) is 0 Å². The first-order valence-corrected chi connectivity index (χ1v) is 7.26. The number of nitrogens with zero attached hydrogens (tertiary/aromatic N) is 1. The Bertz CT molecular complexity index is 627. The Morgan fingerprint density at radius 3 is 3.05 bits per heavy atom. The fourth-order valence-electron chi connectivity index (χ4n) is 2.78. The SMILES string of the molecule is C[C@H](NC(=O)CC1CNc2ccccc21)c1cccnc1. The number of anilines is 1. The topological polar surface area (TPSA) is 54.0 Å². The quantitative estimate of drug-likeness (QED) is 0.906. The van der Waals surface area contributed by atoms with Crippen molar-refractivity contribution in [2.75, 3.05) is 11.9 Å². The number of pyridine rings is 1. The summed E-state index contributed by atoms with van der Waals surface area (Å²) in [5, 5.41) is 6.40. The van der Waals surface area contributed by atoms with Gasteiger partial charge in [0.2, 0.25) is 5.91 Å². The molecule has 0 spiro atoms. The van der Waals surface area contributed by atoms with Crippen LogP contribution in [0.4, 0.5) is 5.69 Å². The molecule has 2 heterocycles. The predicted molar refractivity (Wildman–Crippen MR) is 83.1 cm³/mol. The number of amides is 1. The Morgan fingerprint density at radius 1 is 1.38 bits per heavy atom. The number of rotatable bonds is 4. The van der Waals surface area contributed by atoms with Crippen molar-refractivity contribution in [1.82, 2.24) is 10.3 Å². The second kappa shape index (κ2) is 5.95. The Morgan fingerprint density at radius 2 is 2.24 bits per heavy atom. The molecule has 0 fully saturated rings. The highest BCUT2D eigenvalue weighted by Crippen LogP contribution is 2.33. The molecule has 0 saturated carbocycles. The Hall–Kier alpha value is -2.36. The highest BCUT2D eigenvalue weighted by molar-refractivity contribution is 5.78. The van der Waals surface area contributed by atoms with E-state index in [-0.39, 0.29) is 17.9 Å². The van der Waals surface area contributed by atoms with Crippen LogP contribution in [0.15, 0.2) is 48.8 Å². The van der Waals surface area contributed by atoms with Gasteiger partial charge in [0.1, 0.15) is 0 Å². The number of carbonyl (C=O) groups excluding carboxylic acids is 1. The van der Waals surface area contributed by atoms with Crippen molar-refractivity contribution in [2.24, 2.45) is 0 Å². The molecule has 1 aromatic carbocycles. The van der Waals surface area contributed by atoms with Gasteiger partial charge in [0.05, 0.1) is 6.04 Å². The van der Waals surface area contributed by atoms with Crippen LogP contribution in [-0.2, 0) is 4.79 Å². The van der Waals surface area contributed by atoms with Gasteiger partial charge in [-0.1, -0.05) is 24.3 Å². The summed E-state index contributed by atoms with van der Waals surface area (Å²) in [7, 11) is 0. The molecule has 4 heteroatoms. The lowest BCUT2D eigenvalue weighted by atomic mass is 9.97. The average Bonchev–Trinajstić information content (AvgIpc) is 2.91. The molecule has 0 aliphatic carbocycles. The van der Waals surface area contributed by atoms with Crippen LogP contribution in [-0.4, -0.2) is 17.4 Å². The summed E-state index contributed by atoms with van der Waals surface area (Å²) in [5.41, 5.74) is 3.41. The lowest BCUT2D eigenvalue weighted by Crippen LogP contribution is -2.28. The normalized spacial score (nSPS) is 17.7. The molecule has 21 heavy (non-hydrogen) atoms. The summed E-state index contributed by atoms with van der Waals surface area (Å²) < 4.78 is 0. The van der Waals surface area contributed by atoms with Crippen molar-refractivity contribution in [2.45, 2.75) is 25.3 Å². The molecule has 4 nitrogen and oxygen atoms in total. The molecular formula is C17H19N3O. The van der Waals surface area contributed by atoms with Gasteiger partial charge in [-0.3, -0.25) is 9.78 Å². The second-order valence-electron chi connectivity index (χ2n) is 5.44. The van der Waals surface area contributed by atoms with Gasteiger partial charge in [0.15, 0.2) is 0 Å². The fourth-order valence-corrected chi connectivity index (χ4v) is 2.78. The van der Waals surface area contributed by atoms with Gasteiger partial charge in [0, 0.05) is 37.0 Å². The molecular weight excluding hydrogens is 262 g/mol. The van der Waals surface area contributed by atoms with Crippen molar-refractivity contribution >= 4 is 11.6 Å². The maximum absolute atomic E-state index is 12.2. The number of aromatic nitrogens is 1. The van der Waals surface area contributed by atoms with Gasteiger partial charge in [0.25, 0.3) is 0 Å². The van der Waals surface area contributed by atoms with Crippen molar-refractivity contribution < 1.29 is 4.79 Å². The molecule has 3 rings (SSSR count). The second-order valence-corrected chi connectivity index (χ2v) is 5.44. The number of fused-ring (bicyclic) bond motifs is 1. The lowest BCUT2D eigenvalue weighted by molar-refractivity contribution is -0.122. The number of carbonyl (C=O) groups is 1. The summed E-state index contributed by atoms with van der Waals surface area (Å²) >= 11 is 0. The van der Waals surface area contributed by atoms with Gasteiger partial charge < -0.3 is 10.6 Å². The molecule has 1 unspecified atom stereocenters. The van der Waals surface area contributed by atoms with Gasteiger partial charge in [-0.2, -0.15) is 0 Å². The van der Waals surface area contributed by atoms with Crippen LogP contribution in [0.3, 0.4) is 0 Å². The van der Waals surface area contributed by atoms with E-state index in [1.165, 1.54) is 5.56 Å². The van der Waals surface area contributed by atoms with E-state index in [4.69, 9.17) is 0 Å². The number of hydrogen-bond acceptors (Lipinski definition) is 3. The van der Waals surface area contributed by atoms with Crippen LogP contribution in [0.5, 0.6) is 0 Å². The van der Waals surface area contributed by atoms with Crippen molar-refractivity contribution in [3.8, 4) is 0 Å². The number of nitrogens with one attached hydrogen (secondary N) is 2. The van der Waals surface area contributed by atoms with Crippen LogP contribution < -0.4 is 10.6 Å². The molecule has 1 aliphatic heterocycles. The van der Waals surface area contributed by atoms with Crippen LogP contribution >= 0.6 is 0 Å². The van der Waals surface area contributed by atoms with E-state index in [1.807, 2.05) is 31.2 Å². The zero-order chi connectivity index (χ0) is 14.7. The van der Waals surface area contributed by atoms with Crippen LogP contribution in [0.1, 0.15) is 36.4 Å². The third kappa shape index (κ3) is 3.05. The van der Waals surface area contributed by atoms with E-state index in [0.29, 0.717) is 6.42 Å². The molecule has 2 N–H and O–H groups in total. The van der Waals surface area contributed by atoms with E-state index in [0.717, 1.165) is 17.8 Å². The lowest BCUT2D eigenvalue weighted by Gasteiger charge is -2.16. The van der Waals surface area contributed by atoms with Crippen LogP contribution in [0.25, 0.3) is 0 Å². The molecule has 1 aromatic heterocycles. The summed E-state index contributed by atoms with van der Waals surface area (Å²) in [5.74, 6) is 0.331. The maximum atomic E-state index is 12.2. The first-order chi connectivity index (χ1) is 10.2. The molecule has 2 aromatic rings. The first kappa shape index (κ1) is 13.6. The number of hydrogen-bond donors (Lipinski definition) is 2. The summed E-state index contributed by atoms with van der Waals surface area (Å²) in [6.45, 7) is 2.81. The first-order valence-electron chi connectivity index (χ1n) is 7.26. The molecule has 1 amide bonds. The molecule has 0 radical (unpaired) electrons. The van der Waals surface area contributed by atoms with Crippen molar-refractivity contribution in [3.63, 3.8) is 0 Å². The smallest absolute Gasteiger partial charge is 0.221 e. The Kier molecular flexibility index (Phi) is 3.86.